The van der Waals surface area contributed by atoms with E-state index in [0.717, 1.165) is 5.56 Å². The van der Waals surface area contributed by atoms with Crippen molar-refractivity contribution in [1.29, 1.82) is 0 Å². The van der Waals surface area contributed by atoms with Gasteiger partial charge in [0.15, 0.2) is 5.75 Å². The van der Waals surface area contributed by atoms with E-state index in [1.54, 1.807) is 42.5 Å². The van der Waals surface area contributed by atoms with E-state index < -0.39 is 10.3 Å². The zero-order chi connectivity index (χ0) is 14.8. The first-order valence-electron chi connectivity index (χ1n) is 5.73. The predicted molar refractivity (Wildman–Crippen MR) is 79.2 cm³/mol. The molecule has 4 N–H and O–H groups in total. The molecule has 2 aromatic rings. The first-order valence-corrected chi connectivity index (χ1v) is 7.20. The number of para-hydroxylation sites is 1. The van der Waals surface area contributed by atoms with E-state index in [4.69, 9.17) is 15.1 Å². The first kappa shape index (κ1) is 14.1. The van der Waals surface area contributed by atoms with Crippen molar-refractivity contribution in [1.82, 2.24) is 0 Å². The second kappa shape index (κ2) is 5.36. The minimum Gasteiger partial charge on any atom is -0.399 e. The SMILES string of the molecule is C=C(c1ccc(N)cc1)c1ccccc1OS(N)(=O)=O. The Balaban J connectivity index is 2.42. The van der Waals surface area contributed by atoms with E-state index in [-0.39, 0.29) is 5.75 Å². The van der Waals surface area contributed by atoms with Crippen LogP contribution in [0, 0.1) is 0 Å². The molecule has 104 valence electrons. The van der Waals surface area contributed by atoms with Crippen LogP contribution in [0.2, 0.25) is 0 Å². The first-order chi connectivity index (χ1) is 9.37. The summed E-state index contributed by atoms with van der Waals surface area (Å²) in [7, 11) is -4.08. The van der Waals surface area contributed by atoms with Crippen molar-refractivity contribution < 1.29 is 12.6 Å². The lowest BCUT2D eigenvalue weighted by Crippen LogP contribution is -2.19. The van der Waals surface area contributed by atoms with Crippen molar-refractivity contribution in [2.45, 2.75) is 0 Å². The Morgan fingerprint density at radius 3 is 2.25 bits per heavy atom. The fraction of sp³-hybridized carbons (Fsp3) is 0. The summed E-state index contributed by atoms with van der Waals surface area (Å²) in [5.41, 5.74) is 8.24. The summed E-state index contributed by atoms with van der Waals surface area (Å²) in [4.78, 5) is 0. The number of hydrogen-bond donors (Lipinski definition) is 2. The van der Waals surface area contributed by atoms with Gasteiger partial charge in [-0.15, -0.1) is 0 Å². The maximum Gasteiger partial charge on any atom is 0.380 e. The van der Waals surface area contributed by atoms with Gasteiger partial charge in [0.1, 0.15) is 0 Å². The van der Waals surface area contributed by atoms with E-state index in [1.165, 1.54) is 6.07 Å². The Bertz CT molecular complexity index is 737. The highest BCUT2D eigenvalue weighted by Gasteiger charge is 2.13. The maximum absolute atomic E-state index is 11.1. The van der Waals surface area contributed by atoms with E-state index >= 15 is 0 Å². The maximum atomic E-state index is 11.1. The number of hydrogen-bond acceptors (Lipinski definition) is 4. The summed E-state index contributed by atoms with van der Waals surface area (Å²) in [6.07, 6.45) is 0. The molecule has 0 atom stereocenters. The van der Waals surface area contributed by atoms with E-state index in [1.807, 2.05) is 0 Å². The molecule has 5 nitrogen and oxygen atoms in total. The fourth-order valence-electron chi connectivity index (χ4n) is 1.75. The van der Waals surface area contributed by atoms with Gasteiger partial charge in [-0.05, 0) is 29.3 Å². The van der Waals surface area contributed by atoms with Gasteiger partial charge in [-0.2, -0.15) is 13.6 Å². The van der Waals surface area contributed by atoms with Crippen LogP contribution in [0.5, 0.6) is 5.75 Å². The molecule has 20 heavy (non-hydrogen) atoms. The van der Waals surface area contributed by atoms with Crippen LogP contribution in [0.1, 0.15) is 11.1 Å². The van der Waals surface area contributed by atoms with Crippen LogP contribution in [-0.4, -0.2) is 8.42 Å². The smallest absolute Gasteiger partial charge is 0.380 e. The van der Waals surface area contributed by atoms with Gasteiger partial charge < -0.3 is 9.92 Å². The van der Waals surface area contributed by atoms with Crippen LogP contribution in [0.4, 0.5) is 5.69 Å². The van der Waals surface area contributed by atoms with E-state index in [9.17, 15) is 8.42 Å². The Kier molecular flexibility index (Phi) is 3.78. The van der Waals surface area contributed by atoms with E-state index in [0.29, 0.717) is 16.8 Å². The number of nitrogen functional groups attached to an aromatic ring is 1. The van der Waals surface area contributed by atoms with Crippen LogP contribution in [0.25, 0.3) is 5.57 Å². The Labute approximate surface area is 117 Å². The van der Waals surface area contributed by atoms with Crippen molar-refractivity contribution in [3.05, 3.63) is 66.2 Å². The van der Waals surface area contributed by atoms with Crippen LogP contribution >= 0.6 is 0 Å². The van der Waals surface area contributed by atoms with Crippen LogP contribution in [0.15, 0.2) is 55.1 Å². The van der Waals surface area contributed by atoms with Gasteiger partial charge in [0.05, 0.1) is 0 Å². The normalized spacial score (nSPS) is 11.1. The second-order valence-corrected chi connectivity index (χ2v) is 5.33. The van der Waals surface area contributed by atoms with Gasteiger partial charge in [0, 0.05) is 11.3 Å². The second-order valence-electron chi connectivity index (χ2n) is 4.17. The lowest BCUT2D eigenvalue weighted by molar-refractivity contribution is 0.487. The molecule has 0 heterocycles. The van der Waals surface area contributed by atoms with Crippen LogP contribution in [0.3, 0.4) is 0 Å². The molecular weight excluding hydrogens is 276 g/mol. The molecular formula is C14H14N2O3S. The molecule has 0 saturated carbocycles. The van der Waals surface area contributed by atoms with Gasteiger partial charge in [-0.1, -0.05) is 36.9 Å². The molecule has 0 aliphatic carbocycles. The summed E-state index contributed by atoms with van der Waals surface area (Å²) in [6, 6.07) is 13.7. The van der Waals surface area contributed by atoms with Crippen LogP contribution < -0.4 is 15.1 Å². The number of nitrogens with two attached hydrogens (primary N) is 2. The minimum absolute atomic E-state index is 0.136. The molecule has 2 rings (SSSR count). The topological polar surface area (TPSA) is 95.4 Å². The van der Waals surface area contributed by atoms with Crippen molar-refractivity contribution >= 4 is 21.6 Å². The van der Waals surface area contributed by atoms with Gasteiger partial charge in [-0.3, -0.25) is 0 Å². The molecule has 0 aromatic heterocycles. The van der Waals surface area contributed by atoms with Gasteiger partial charge >= 0.3 is 10.3 Å². The Hall–Kier alpha value is -2.31. The Morgan fingerprint density at radius 1 is 1.05 bits per heavy atom. The molecule has 0 saturated heterocycles. The summed E-state index contributed by atoms with van der Waals surface area (Å²) in [6.45, 7) is 3.96. The molecule has 0 unspecified atom stereocenters. The number of rotatable bonds is 4. The molecule has 0 radical (unpaired) electrons. The van der Waals surface area contributed by atoms with E-state index in [2.05, 4.69) is 6.58 Å². The zero-order valence-electron chi connectivity index (χ0n) is 10.6. The quantitative estimate of drug-likeness (QED) is 0.841. The zero-order valence-corrected chi connectivity index (χ0v) is 11.4. The average molecular weight is 290 g/mol. The van der Waals surface area contributed by atoms with Crippen molar-refractivity contribution in [3.8, 4) is 5.75 Å². The molecule has 2 aromatic carbocycles. The highest BCUT2D eigenvalue weighted by Crippen LogP contribution is 2.30. The predicted octanol–water partition coefficient (Wildman–Crippen LogP) is 1.91. The highest BCUT2D eigenvalue weighted by atomic mass is 32.2. The third-order valence-electron chi connectivity index (χ3n) is 2.68. The summed E-state index contributed by atoms with van der Waals surface area (Å²) in [5, 5.41) is 4.90. The summed E-state index contributed by atoms with van der Waals surface area (Å²) < 4.78 is 26.9. The third kappa shape index (κ3) is 3.37. The molecule has 6 heteroatoms. The molecule has 0 aliphatic heterocycles. The summed E-state index contributed by atoms with van der Waals surface area (Å²) >= 11 is 0. The largest absolute Gasteiger partial charge is 0.399 e. The van der Waals surface area contributed by atoms with Crippen molar-refractivity contribution in [2.24, 2.45) is 5.14 Å². The standard InChI is InChI=1S/C14H14N2O3S/c1-10(11-6-8-12(15)9-7-11)13-4-2-3-5-14(13)19-20(16,17)18/h2-9H,1,15H2,(H2,16,17,18). The average Bonchev–Trinajstić information content (AvgIpc) is 2.37. The van der Waals surface area contributed by atoms with Gasteiger partial charge in [-0.25, -0.2) is 0 Å². The van der Waals surface area contributed by atoms with Crippen LogP contribution in [-0.2, 0) is 10.3 Å². The fourth-order valence-corrected chi connectivity index (χ4v) is 2.15. The van der Waals surface area contributed by atoms with Gasteiger partial charge in [0.2, 0.25) is 0 Å². The lowest BCUT2D eigenvalue weighted by Gasteiger charge is -2.12. The number of benzene rings is 2. The molecule has 0 aliphatic rings. The van der Waals surface area contributed by atoms with Crippen molar-refractivity contribution in [3.63, 3.8) is 0 Å². The van der Waals surface area contributed by atoms with Gasteiger partial charge in [0.25, 0.3) is 0 Å². The highest BCUT2D eigenvalue weighted by molar-refractivity contribution is 7.84. The minimum atomic E-state index is -4.08. The third-order valence-corrected chi connectivity index (χ3v) is 3.09. The molecule has 0 spiro atoms. The molecule has 0 fully saturated rings. The Morgan fingerprint density at radius 2 is 1.65 bits per heavy atom. The monoisotopic (exact) mass is 290 g/mol. The lowest BCUT2D eigenvalue weighted by atomic mass is 9.99. The summed E-state index contributed by atoms with van der Waals surface area (Å²) in [5.74, 6) is 0.136. The number of anilines is 1. The molecule has 0 bridgehead atoms. The van der Waals surface area contributed by atoms with Crippen molar-refractivity contribution in [2.75, 3.05) is 5.73 Å². The molecule has 0 amide bonds.